The van der Waals surface area contributed by atoms with Crippen LogP contribution in [0.2, 0.25) is 5.02 Å². The second-order valence-electron chi connectivity index (χ2n) is 10.0. The highest BCUT2D eigenvalue weighted by atomic mass is 35.5. The number of amides is 1. The summed E-state index contributed by atoms with van der Waals surface area (Å²) >= 11 is 6.11. The Balaban J connectivity index is 1.24. The van der Waals surface area contributed by atoms with Gasteiger partial charge in [0.15, 0.2) is 5.69 Å². The summed E-state index contributed by atoms with van der Waals surface area (Å²) < 4.78 is 8.22. The number of ether oxygens (including phenoxy) is 1. The molecule has 192 valence electrons. The van der Waals surface area contributed by atoms with E-state index in [0.717, 1.165) is 43.7 Å². The minimum absolute atomic E-state index is 0.0709. The van der Waals surface area contributed by atoms with Crippen LogP contribution in [0.3, 0.4) is 0 Å². The molecule has 9 nitrogen and oxygen atoms in total. The second kappa shape index (κ2) is 11.1. The van der Waals surface area contributed by atoms with Crippen LogP contribution in [0.4, 0.5) is 0 Å². The molecule has 1 aromatic carbocycles. The zero-order valence-corrected chi connectivity index (χ0v) is 21.6. The largest absolute Gasteiger partial charge is 0.373 e. The highest BCUT2D eigenvalue weighted by Crippen LogP contribution is 2.36. The molecule has 2 aromatic heterocycles. The SMILES string of the molecule is Cc1cc(C2CCC(N3CC(CNC(=O)c4cn[nH]n4)OCC3Cc3ccc(Cl)cc3)CC2)nn1C. The van der Waals surface area contributed by atoms with E-state index in [2.05, 4.69) is 50.8 Å². The summed E-state index contributed by atoms with van der Waals surface area (Å²) in [6, 6.07) is 11.1. The molecule has 2 aliphatic rings. The number of aromatic amines is 1. The van der Waals surface area contributed by atoms with Gasteiger partial charge in [-0.2, -0.15) is 20.5 Å². The standard InChI is InChI=1S/C26H34ClN7O2/c1-17-11-24(31-33(17)2)19-5-9-21(10-6-19)34-15-23(13-28-26(35)25-14-29-32-30-25)36-16-22(34)12-18-3-7-20(27)8-4-18/h3-4,7-8,11,14,19,21-23H,5-6,9-10,12-13,15-16H2,1-2H3,(H,28,35)(H,29,30,32). The molecular weight excluding hydrogens is 478 g/mol. The molecule has 1 aliphatic carbocycles. The zero-order chi connectivity index (χ0) is 25.1. The van der Waals surface area contributed by atoms with Gasteiger partial charge in [0.05, 0.1) is 24.6 Å². The number of nitrogens with one attached hydrogen (secondary N) is 2. The third-order valence-electron chi connectivity index (χ3n) is 7.65. The molecule has 0 bridgehead atoms. The number of aryl methyl sites for hydroxylation is 2. The summed E-state index contributed by atoms with van der Waals surface area (Å²) in [6.45, 7) is 3.97. The predicted molar refractivity (Wildman–Crippen MR) is 137 cm³/mol. The van der Waals surface area contributed by atoms with Crippen LogP contribution in [0.1, 0.15) is 59.0 Å². The van der Waals surface area contributed by atoms with Gasteiger partial charge in [0.2, 0.25) is 0 Å². The van der Waals surface area contributed by atoms with E-state index in [4.69, 9.17) is 21.4 Å². The van der Waals surface area contributed by atoms with Crippen molar-refractivity contribution in [3.05, 3.63) is 64.2 Å². The Morgan fingerprint density at radius 3 is 2.67 bits per heavy atom. The van der Waals surface area contributed by atoms with E-state index >= 15 is 0 Å². The fourth-order valence-corrected chi connectivity index (χ4v) is 5.64. The number of hydrogen-bond donors (Lipinski definition) is 2. The third kappa shape index (κ3) is 5.79. The van der Waals surface area contributed by atoms with Gasteiger partial charge in [0.1, 0.15) is 0 Å². The first-order valence-corrected chi connectivity index (χ1v) is 13.1. The molecule has 1 amide bonds. The van der Waals surface area contributed by atoms with E-state index < -0.39 is 0 Å². The van der Waals surface area contributed by atoms with Crippen molar-refractivity contribution in [2.75, 3.05) is 19.7 Å². The van der Waals surface area contributed by atoms with Crippen molar-refractivity contribution in [3.63, 3.8) is 0 Å². The normalized spacial score (nSPS) is 25.1. The van der Waals surface area contributed by atoms with Crippen LogP contribution in [0.25, 0.3) is 0 Å². The lowest BCUT2D eigenvalue weighted by molar-refractivity contribution is -0.0822. The van der Waals surface area contributed by atoms with Gasteiger partial charge >= 0.3 is 0 Å². The molecule has 0 spiro atoms. The number of H-pyrrole nitrogens is 1. The fraction of sp³-hybridized carbons (Fsp3) is 0.538. The molecule has 1 saturated heterocycles. The maximum absolute atomic E-state index is 12.3. The van der Waals surface area contributed by atoms with Gasteiger partial charge in [-0.05, 0) is 62.8 Å². The number of aromatic nitrogens is 5. The van der Waals surface area contributed by atoms with Gasteiger partial charge in [0, 0.05) is 48.9 Å². The van der Waals surface area contributed by atoms with E-state index in [1.807, 2.05) is 23.9 Å². The van der Waals surface area contributed by atoms with E-state index in [1.165, 1.54) is 23.1 Å². The van der Waals surface area contributed by atoms with Crippen molar-refractivity contribution in [2.45, 2.75) is 63.1 Å². The van der Waals surface area contributed by atoms with Crippen LogP contribution in [0.15, 0.2) is 36.5 Å². The number of hydrogen-bond acceptors (Lipinski definition) is 6. The lowest BCUT2D eigenvalue weighted by atomic mass is 9.82. The van der Waals surface area contributed by atoms with E-state index in [-0.39, 0.29) is 23.7 Å². The van der Waals surface area contributed by atoms with Crippen molar-refractivity contribution in [3.8, 4) is 0 Å². The first-order chi connectivity index (χ1) is 17.5. The van der Waals surface area contributed by atoms with Crippen molar-refractivity contribution in [2.24, 2.45) is 7.05 Å². The molecule has 0 radical (unpaired) electrons. The molecule has 1 saturated carbocycles. The first-order valence-electron chi connectivity index (χ1n) is 12.7. The number of rotatable bonds is 7. The minimum Gasteiger partial charge on any atom is -0.373 e. The van der Waals surface area contributed by atoms with Crippen LogP contribution >= 0.6 is 11.6 Å². The van der Waals surface area contributed by atoms with Crippen molar-refractivity contribution >= 4 is 17.5 Å². The van der Waals surface area contributed by atoms with E-state index in [1.54, 1.807) is 0 Å². The van der Waals surface area contributed by atoms with Crippen molar-refractivity contribution in [1.29, 1.82) is 0 Å². The Bertz CT molecular complexity index is 1120. The minimum atomic E-state index is -0.242. The van der Waals surface area contributed by atoms with Crippen LogP contribution in [-0.2, 0) is 18.2 Å². The molecule has 5 rings (SSSR count). The molecule has 3 aromatic rings. The van der Waals surface area contributed by atoms with Crippen LogP contribution in [0.5, 0.6) is 0 Å². The quantitative estimate of drug-likeness (QED) is 0.505. The first kappa shape index (κ1) is 24.9. The van der Waals surface area contributed by atoms with Crippen LogP contribution < -0.4 is 5.32 Å². The highest BCUT2D eigenvalue weighted by molar-refractivity contribution is 6.30. The van der Waals surface area contributed by atoms with E-state index in [9.17, 15) is 4.79 Å². The summed E-state index contributed by atoms with van der Waals surface area (Å²) in [4.78, 5) is 15.0. The molecule has 2 N–H and O–H groups in total. The van der Waals surface area contributed by atoms with Gasteiger partial charge < -0.3 is 10.1 Å². The Morgan fingerprint density at radius 2 is 2.00 bits per heavy atom. The summed E-state index contributed by atoms with van der Waals surface area (Å²) in [7, 11) is 2.01. The van der Waals surface area contributed by atoms with Gasteiger partial charge in [0.25, 0.3) is 5.91 Å². The zero-order valence-electron chi connectivity index (χ0n) is 20.9. The average Bonchev–Trinajstić information content (AvgIpc) is 3.55. The lowest BCUT2D eigenvalue weighted by Gasteiger charge is -2.46. The number of morpholine rings is 1. The number of nitrogens with zero attached hydrogens (tertiary/aromatic N) is 5. The molecule has 2 fully saturated rings. The second-order valence-corrected chi connectivity index (χ2v) is 10.5. The van der Waals surface area contributed by atoms with Gasteiger partial charge in [-0.25, -0.2) is 0 Å². The maximum atomic E-state index is 12.3. The lowest BCUT2D eigenvalue weighted by Crippen LogP contribution is -2.57. The smallest absolute Gasteiger partial charge is 0.273 e. The Morgan fingerprint density at radius 1 is 1.22 bits per heavy atom. The molecule has 3 heterocycles. The van der Waals surface area contributed by atoms with E-state index in [0.29, 0.717) is 25.1 Å². The fourth-order valence-electron chi connectivity index (χ4n) is 5.52. The Hall–Kier alpha value is -2.75. The van der Waals surface area contributed by atoms with Crippen molar-refractivity contribution in [1.82, 2.24) is 35.4 Å². The molecule has 1 aliphatic heterocycles. The maximum Gasteiger partial charge on any atom is 0.273 e. The summed E-state index contributed by atoms with van der Waals surface area (Å²) in [5.74, 6) is 0.280. The Labute approximate surface area is 216 Å². The van der Waals surface area contributed by atoms with Crippen LogP contribution in [0, 0.1) is 6.92 Å². The summed E-state index contributed by atoms with van der Waals surface area (Å²) in [5.41, 5.74) is 3.97. The number of carbonyl (C=O) groups is 1. The van der Waals surface area contributed by atoms with Gasteiger partial charge in [-0.15, -0.1) is 0 Å². The summed E-state index contributed by atoms with van der Waals surface area (Å²) in [6.07, 6.45) is 6.81. The molecular formula is C26H34ClN7O2. The summed E-state index contributed by atoms with van der Waals surface area (Å²) in [5, 5.41) is 18.5. The monoisotopic (exact) mass is 511 g/mol. The molecule has 2 unspecified atom stereocenters. The molecule has 10 heteroatoms. The van der Waals surface area contributed by atoms with Gasteiger partial charge in [-0.3, -0.25) is 14.4 Å². The number of halogens is 1. The highest BCUT2D eigenvalue weighted by Gasteiger charge is 2.36. The van der Waals surface area contributed by atoms with Crippen LogP contribution in [-0.4, -0.2) is 73.9 Å². The topological polar surface area (TPSA) is 101 Å². The number of carbonyl (C=O) groups excluding carboxylic acids is 1. The molecule has 36 heavy (non-hydrogen) atoms. The number of benzene rings is 1. The molecule has 2 atom stereocenters. The average molecular weight is 512 g/mol. The van der Waals surface area contributed by atoms with Gasteiger partial charge in [-0.1, -0.05) is 23.7 Å². The Kier molecular flexibility index (Phi) is 7.69. The van der Waals surface area contributed by atoms with Crippen molar-refractivity contribution < 1.29 is 9.53 Å². The predicted octanol–water partition coefficient (Wildman–Crippen LogP) is 3.27. The third-order valence-corrected chi connectivity index (χ3v) is 7.90.